The van der Waals surface area contributed by atoms with Crippen molar-refractivity contribution >= 4 is 26.5 Å². The highest BCUT2D eigenvalue weighted by Gasteiger charge is 2.26. The summed E-state index contributed by atoms with van der Waals surface area (Å²) in [5.41, 5.74) is 4.93. The van der Waals surface area contributed by atoms with Crippen LogP contribution in [0.2, 0.25) is 0 Å². The number of carboxylic acid groups (broad SMARTS) is 1. The molecule has 0 heterocycles. The second kappa shape index (κ2) is 4.08. The Kier molecular flexibility index (Phi) is 4.05. The molecule has 0 saturated heterocycles. The first-order valence-electron chi connectivity index (χ1n) is 2.52. The summed E-state index contributed by atoms with van der Waals surface area (Å²) < 4.78 is 14.4. The number of nitrogens with two attached hydrogens (primary N) is 1. The Hall–Kier alpha value is -0.0700. The van der Waals surface area contributed by atoms with Crippen molar-refractivity contribution in [1.82, 2.24) is 0 Å². The van der Waals surface area contributed by atoms with E-state index in [1.54, 1.807) is 0 Å². The second-order valence-corrected chi connectivity index (χ2v) is 4.14. The molecule has 0 aromatic carbocycles. The van der Waals surface area contributed by atoms with Gasteiger partial charge in [-0.05, 0) is 12.9 Å². The first-order valence-corrected chi connectivity index (χ1v) is 4.65. The van der Waals surface area contributed by atoms with Crippen LogP contribution in [-0.2, 0) is 13.3 Å². The van der Waals surface area contributed by atoms with E-state index in [0.717, 1.165) is 0 Å². The molecular formula is C3H8NO5PS. The van der Waals surface area contributed by atoms with Crippen molar-refractivity contribution in [3.63, 3.8) is 0 Å². The largest absolute Gasteiger partial charge is 0.480 e. The molecule has 0 aromatic heterocycles. The number of aliphatic carboxylic acids is 1. The first-order chi connectivity index (χ1) is 4.89. The number of hydrogen-bond donors (Lipinski definition) is 4. The van der Waals surface area contributed by atoms with E-state index in [9.17, 15) is 9.36 Å². The minimum atomic E-state index is -3.93. The van der Waals surface area contributed by atoms with Crippen LogP contribution in [0.1, 0.15) is 0 Å². The maximum Gasteiger partial charge on any atom is 0.341 e. The molecule has 0 amide bonds. The van der Waals surface area contributed by atoms with Crippen LogP contribution >= 0.6 is 20.5 Å². The zero-order valence-electron chi connectivity index (χ0n) is 5.38. The van der Waals surface area contributed by atoms with E-state index in [0.29, 0.717) is 0 Å². The fourth-order valence-electron chi connectivity index (χ4n) is 0.360. The lowest BCUT2D eigenvalue weighted by atomic mass is 10.4. The molecule has 0 bridgehead atoms. The zero-order chi connectivity index (χ0) is 9.07. The smallest absolute Gasteiger partial charge is 0.341 e. The normalized spacial score (nSPS) is 18.8. The van der Waals surface area contributed by atoms with Gasteiger partial charge in [-0.25, -0.2) is 3.97 Å². The number of rotatable bonds is 4. The van der Waals surface area contributed by atoms with Crippen molar-refractivity contribution in [2.24, 2.45) is 5.73 Å². The van der Waals surface area contributed by atoms with E-state index in [1.807, 2.05) is 0 Å². The summed E-state index contributed by atoms with van der Waals surface area (Å²) in [6.45, 7) is 0. The summed E-state index contributed by atoms with van der Waals surface area (Å²) in [5.74, 6) is -1.36. The molecule has 0 radical (unpaired) electrons. The Morgan fingerprint density at radius 3 is 2.55 bits per heavy atom. The van der Waals surface area contributed by atoms with E-state index in [1.165, 1.54) is 0 Å². The van der Waals surface area contributed by atoms with E-state index >= 15 is 0 Å². The molecule has 0 aliphatic rings. The Balaban J connectivity index is 4.04. The molecule has 6 nitrogen and oxygen atoms in total. The van der Waals surface area contributed by atoms with Gasteiger partial charge in [0.2, 0.25) is 0 Å². The number of hydrogen-bond acceptors (Lipinski definition) is 5. The van der Waals surface area contributed by atoms with Gasteiger partial charge < -0.3 is 15.7 Å². The molecule has 0 rings (SSSR count). The van der Waals surface area contributed by atoms with E-state index < -0.39 is 25.8 Å². The Morgan fingerprint density at radius 1 is 1.82 bits per heavy atom. The predicted octanol–water partition coefficient (Wildman–Crippen LogP) is -0.555. The molecule has 11 heavy (non-hydrogen) atoms. The van der Waals surface area contributed by atoms with Crippen molar-refractivity contribution < 1.29 is 23.3 Å². The van der Waals surface area contributed by atoms with Gasteiger partial charge in [0, 0.05) is 0 Å². The summed E-state index contributed by atoms with van der Waals surface area (Å²) >= 11 is 3.08. The SMILES string of the molecule is NC(CP(=O)(O)OS)C(=O)O. The monoisotopic (exact) mass is 201 g/mol. The van der Waals surface area contributed by atoms with Crippen LogP contribution < -0.4 is 5.73 Å². The van der Waals surface area contributed by atoms with Crippen LogP contribution in [-0.4, -0.2) is 28.2 Å². The Labute approximate surface area is 68.5 Å². The molecule has 2 unspecified atom stereocenters. The van der Waals surface area contributed by atoms with Crippen LogP contribution in [0.5, 0.6) is 0 Å². The lowest BCUT2D eigenvalue weighted by Crippen LogP contribution is -2.33. The minimum absolute atomic E-state index is 0.647. The molecule has 0 spiro atoms. The molecule has 0 saturated carbocycles. The standard InChI is InChI=1S/C3H8NO5PS/c4-2(3(5)6)1-10(7,8)9-11/h2,11H,1,4H2,(H,5,6)(H,7,8). The van der Waals surface area contributed by atoms with Gasteiger partial charge in [-0.1, -0.05) is 0 Å². The Bertz CT molecular complexity index is 196. The number of carbonyl (C=O) groups is 1. The average Bonchev–Trinajstić information content (AvgIpc) is 1.87. The maximum absolute atomic E-state index is 10.6. The van der Waals surface area contributed by atoms with Gasteiger partial charge in [-0.2, -0.15) is 0 Å². The maximum atomic E-state index is 10.6. The zero-order valence-corrected chi connectivity index (χ0v) is 7.16. The highest BCUT2D eigenvalue weighted by molar-refractivity contribution is 7.81. The molecular weight excluding hydrogens is 193 g/mol. The van der Waals surface area contributed by atoms with Crippen LogP contribution in [0.25, 0.3) is 0 Å². The van der Waals surface area contributed by atoms with Gasteiger partial charge >= 0.3 is 13.6 Å². The lowest BCUT2D eigenvalue weighted by Gasteiger charge is -2.09. The molecule has 0 aliphatic carbocycles. The highest BCUT2D eigenvalue weighted by Crippen LogP contribution is 2.43. The molecule has 66 valence electrons. The van der Waals surface area contributed by atoms with Crippen molar-refractivity contribution in [3.8, 4) is 0 Å². The van der Waals surface area contributed by atoms with Crippen LogP contribution in [0.4, 0.5) is 0 Å². The van der Waals surface area contributed by atoms with Gasteiger partial charge in [0.25, 0.3) is 0 Å². The summed E-state index contributed by atoms with van der Waals surface area (Å²) in [6.07, 6.45) is -0.647. The van der Waals surface area contributed by atoms with Crippen molar-refractivity contribution in [2.75, 3.05) is 6.16 Å². The molecule has 0 aliphatic heterocycles. The minimum Gasteiger partial charge on any atom is -0.480 e. The quantitative estimate of drug-likeness (QED) is 0.276. The van der Waals surface area contributed by atoms with Crippen LogP contribution in [0.3, 0.4) is 0 Å². The molecule has 0 aromatic rings. The van der Waals surface area contributed by atoms with Crippen molar-refractivity contribution in [3.05, 3.63) is 0 Å². The third-order valence-corrected chi connectivity index (χ3v) is 2.75. The number of carboxylic acids is 1. The average molecular weight is 201 g/mol. The summed E-state index contributed by atoms with van der Waals surface area (Å²) in [6, 6.07) is -1.40. The fourth-order valence-corrected chi connectivity index (χ4v) is 1.28. The van der Waals surface area contributed by atoms with Crippen molar-refractivity contribution in [2.45, 2.75) is 6.04 Å². The third-order valence-electron chi connectivity index (χ3n) is 0.872. The third kappa shape index (κ3) is 4.39. The number of thiol groups is 1. The van der Waals surface area contributed by atoms with E-state index in [2.05, 4.69) is 16.9 Å². The second-order valence-electron chi connectivity index (χ2n) is 1.85. The van der Waals surface area contributed by atoms with Gasteiger partial charge in [-0.3, -0.25) is 9.36 Å². The van der Waals surface area contributed by atoms with Gasteiger partial charge in [0.05, 0.1) is 6.16 Å². The lowest BCUT2D eigenvalue weighted by molar-refractivity contribution is -0.138. The van der Waals surface area contributed by atoms with Gasteiger partial charge in [-0.15, -0.1) is 0 Å². The summed E-state index contributed by atoms with van der Waals surface area (Å²) in [7, 11) is -3.93. The van der Waals surface area contributed by atoms with Crippen LogP contribution in [0.15, 0.2) is 0 Å². The predicted molar refractivity (Wildman–Crippen MR) is 40.4 cm³/mol. The van der Waals surface area contributed by atoms with Crippen molar-refractivity contribution in [1.29, 1.82) is 0 Å². The molecule has 2 atom stereocenters. The van der Waals surface area contributed by atoms with E-state index in [4.69, 9.17) is 15.7 Å². The molecule has 4 N–H and O–H groups in total. The molecule has 8 heteroatoms. The Morgan fingerprint density at radius 2 is 2.27 bits per heavy atom. The van der Waals surface area contributed by atoms with Crippen LogP contribution in [0, 0.1) is 0 Å². The van der Waals surface area contributed by atoms with E-state index in [-0.39, 0.29) is 0 Å². The fraction of sp³-hybridized carbons (Fsp3) is 0.667. The highest BCUT2D eigenvalue weighted by atomic mass is 32.1. The summed E-state index contributed by atoms with van der Waals surface area (Å²) in [4.78, 5) is 18.7. The molecule has 0 fully saturated rings. The first kappa shape index (κ1) is 10.9. The van der Waals surface area contributed by atoms with Gasteiger partial charge in [0.1, 0.15) is 6.04 Å². The van der Waals surface area contributed by atoms with Gasteiger partial charge in [0.15, 0.2) is 0 Å². The summed E-state index contributed by atoms with van der Waals surface area (Å²) in [5, 5.41) is 8.20. The topological polar surface area (TPSA) is 110 Å².